The van der Waals surface area contributed by atoms with Crippen molar-refractivity contribution in [3.8, 4) is 11.9 Å². The van der Waals surface area contributed by atoms with Crippen molar-refractivity contribution in [1.82, 2.24) is 14.8 Å². The first-order valence-corrected chi connectivity index (χ1v) is 14.5. The SMILES string of the molecule is CC1CN(c2nc(OS(=O)(=O)C(F)(F)F)c(C#N)c3c2CCN(Cc2ccccc2)C3)CCN1C(=O)OC(C)(C)C. The molecule has 2 aliphatic rings. The Bertz CT molecular complexity index is 1440. The van der Waals surface area contributed by atoms with Crippen LogP contribution in [0, 0.1) is 11.3 Å². The summed E-state index contributed by atoms with van der Waals surface area (Å²) in [6.07, 6.45) is -0.0668. The van der Waals surface area contributed by atoms with E-state index in [0.717, 1.165) is 5.56 Å². The van der Waals surface area contributed by atoms with E-state index in [1.807, 2.05) is 41.3 Å². The van der Waals surface area contributed by atoms with E-state index in [0.29, 0.717) is 30.6 Å². The van der Waals surface area contributed by atoms with Crippen LogP contribution in [0.25, 0.3) is 0 Å². The van der Waals surface area contributed by atoms with Gasteiger partial charge < -0.3 is 18.7 Å². The first-order chi connectivity index (χ1) is 19.1. The van der Waals surface area contributed by atoms with Crippen LogP contribution in [0.3, 0.4) is 0 Å². The van der Waals surface area contributed by atoms with Crippen LogP contribution in [0.2, 0.25) is 0 Å². The molecular weight excluding hydrogens is 563 g/mol. The number of hydrogen-bond acceptors (Lipinski definition) is 9. The Hall–Kier alpha value is -3.57. The smallest absolute Gasteiger partial charge is 0.444 e. The fourth-order valence-corrected chi connectivity index (χ4v) is 5.37. The lowest BCUT2D eigenvalue weighted by molar-refractivity contribution is -0.0501. The number of alkyl halides is 3. The summed E-state index contributed by atoms with van der Waals surface area (Å²) >= 11 is 0. The number of ether oxygens (including phenoxy) is 1. The second-order valence-corrected chi connectivity index (χ2v) is 12.6. The van der Waals surface area contributed by atoms with Crippen LogP contribution in [-0.4, -0.2) is 72.6 Å². The maximum Gasteiger partial charge on any atom is 0.534 e. The molecule has 0 aliphatic carbocycles. The zero-order chi connectivity index (χ0) is 30.2. The molecule has 1 atom stereocenters. The normalized spacial score (nSPS) is 18.4. The molecule has 1 amide bonds. The molecule has 0 spiro atoms. The number of rotatable bonds is 5. The van der Waals surface area contributed by atoms with E-state index in [1.165, 1.54) is 0 Å². The number of pyridine rings is 1. The summed E-state index contributed by atoms with van der Waals surface area (Å²) in [5.41, 5.74) is -4.73. The van der Waals surface area contributed by atoms with Crippen molar-refractivity contribution in [2.24, 2.45) is 0 Å². The minimum atomic E-state index is -6.08. The third kappa shape index (κ3) is 6.84. The number of aromatic nitrogens is 1. The Morgan fingerprint density at radius 1 is 1.12 bits per heavy atom. The van der Waals surface area contributed by atoms with Crippen molar-refractivity contribution in [2.45, 2.75) is 64.4 Å². The van der Waals surface area contributed by atoms with Crippen molar-refractivity contribution in [3.05, 3.63) is 52.6 Å². The fraction of sp³-hybridized carbons (Fsp3) is 0.519. The number of carbonyl (C=O) groups excluding carboxylic acids is 1. The van der Waals surface area contributed by atoms with Gasteiger partial charge in [-0.3, -0.25) is 4.90 Å². The highest BCUT2D eigenvalue weighted by Gasteiger charge is 2.49. The summed E-state index contributed by atoms with van der Waals surface area (Å²) in [6, 6.07) is 11.0. The second kappa shape index (κ2) is 11.4. The molecule has 2 aliphatic heterocycles. The number of hydrogen-bond donors (Lipinski definition) is 0. The van der Waals surface area contributed by atoms with Gasteiger partial charge in [0.25, 0.3) is 5.88 Å². The van der Waals surface area contributed by atoms with Gasteiger partial charge in [0.15, 0.2) is 0 Å². The molecule has 1 fully saturated rings. The van der Waals surface area contributed by atoms with Crippen LogP contribution in [0.1, 0.15) is 49.9 Å². The van der Waals surface area contributed by atoms with Crippen molar-refractivity contribution in [3.63, 3.8) is 0 Å². The van der Waals surface area contributed by atoms with E-state index in [4.69, 9.17) is 4.74 Å². The molecule has 41 heavy (non-hydrogen) atoms. The highest BCUT2D eigenvalue weighted by atomic mass is 32.2. The minimum absolute atomic E-state index is 0.179. The molecule has 14 heteroatoms. The Labute approximate surface area is 237 Å². The van der Waals surface area contributed by atoms with Crippen molar-refractivity contribution in [1.29, 1.82) is 5.26 Å². The maximum atomic E-state index is 13.2. The average Bonchev–Trinajstić information content (AvgIpc) is 2.86. The van der Waals surface area contributed by atoms with Gasteiger partial charge in [-0.1, -0.05) is 30.3 Å². The lowest BCUT2D eigenvalue weighted by atomic mass is 9.95. The van der Waals surface area contributed by atoms with E-state index in [2.05, 4.69) is 9.17 Å². The van der Waals surface area contributed by atoms with Crippen LogP contribution in [-0.2, 0) is 34.4 Å². The molecular formula is C27H32F3N5O5S. The lowest BCUT2D eigenvalue weighted by Crippen LogP contribution is -2.55. The maximum absolute atomic E-state index is 13.2. The predicted octanol–water partition coefficient (Wildman–Crippen LogP) is 4.19. The van der Waals surface area contributed by atoms with Crippen molar-refractivity contribution < 1.29 is 35.3 Å². The molecule has 0 radical (unpaired) electrons. The number of benzene rings is 1. The van der Waals surface area contributed by atoms with E-state index < -0.39 is 33.2 Å². The fourth-order valence-electron chi connectivity index (χ4n) is 4.95. The number of carbonyl (C=O) groups is 1. The molecule has 1 unspecified atom stereocenters. The zero-order valence-electron chi connectivity index (χ0n) is 23.2. The summed E-state index contributed by atoms with van der Waals surface area (Å²) in [5, 5.41) is 9.95. The highest BCUT2D eigenvalue weighted by Crippen LogP contribution is 2.38. The Morgan fingerprint density at radius 2 is 1.80 bits per heavy atom. The Balaban J connectivity index is 1.71. The van der Waals surface area contributed by atoms with Crippen LogP contribution < -0.4 is 9.08 Å². The van der Waals surface area contributed by atoms with Gasteiger partial charge in [0.2, 0.25) is 0 Å². The van der Waals surface area contributed by atoms with E-state index >= 15 is 0 Å². The summed E-state index contributed by atoms with van der Waals surface area (Å²) in [5.74, 6) is -0.677. The molecule has 0 saturated carbocycles. The molecule has 4 rings (SSSR count). The summed E-state index contributed by atoms with van der Waals surface area (Å²) in [7, 11) is -6.08. The quantitative estimate of drug-likeness (QED) is 0.371. The predicted molar refractivity (Wildman–Crippen MR) is 143 cm³/mol. The number of nitrogens with zero attached hydrogens (tertiary/aromatic N) is 5. The minimum Gasteiger partial charge on any atom is -0.444 e. The first-order valence-electron chi connectivity index (χ1n) is 13.1. The van der Waals surface area contributed by atoms with Gasteiger partial charge >= 0.3 is 21.7 Å². The van der Waals surface area contributed by atoms with Gasteiger partial charge in [0.05, 0.1) is 0 Å². The first kappa shape index (κ1) is 30.4. The topological polar surface area (TPSA) is 116 Å². The van der Waals surface area contributed by atoms with Gasteiger partial charge in [-0.25, -0.2) is 4.79 Å². The molecule has 1 saturated heterocycles. The molecule has 1 aromatic carbocycles. The van der Waals surface area contributed by atoms with E-state index in [-0.39, 0.29) is 43.6 Å². The molecule has 2 aromatic rings. The highest BCUT2D eigenvalue weighted by molar-refractivity contribution is 7.88. The van der Waals surface area contributed by atoms with Crippen molar-refractivity contribution in [2.75, 3.05) is 31.1 Å². The second-order valence-electron chi connectivity index (χ2n) is 11.1. The molecule has 3 heterocycles. The third-order valence-corrected chi connectivity index (χ3v) is 7.75. The van der Waals surface area contributed by atoms with Gasteiger partial charge in [0, 0.05) is 50.9 Å². The third-order valence-electron chi connectivity index (χ3n) is 6.80. The van der Waals surface area contributed by atoms with Crippen molar-refractivity contribution >= 4 is 22.0 Å². The van der Waals surface area contributed by atoms with E-state index in [9.17, 15) is 31.6 Å². The number of anilines is 1. The molecule has 222 valence electrons. The van der Waals surface area contributed by atoms with Gasteiger partial charge in [-0.2, -0.15) is 31.8 Å². The van der Waals surface area contributed by atoms with Gasteiger partial charge in [0.1, 0.15) is 23.1 Å². The number of halogens is 3. The lowest BCUT2D eigenvalue weighted by Gasteiger charge is -2.42. The van der Waals surface area contributed by atoms with Crippen LogP contribution >= 0.6 is 0 Å². The summed E-state index contributed by atoms with van der Waals surface area (Å²) in [6.45, 7) is 9.11. The van der Waals surface area contributed by atoms with Crippen LogP contribution in [0.15, 0.2) is 30.3 Å². The van der Waals surface area contributed by atoms with Gasteiger partial charge in [-0.05, 0) is 45.2 Å². The molecule has 0 N–H and O–H groups in total. The van der Waals surface area contributed by atoms with Gasteiger partial charge in [-0.15, -0.1) is 0 Å². The summed E-state index contributed by atoms with van der Waals surface area (Å²) < 4.78 is 73.6. The largest absolute Gasteiger partial charge is 0.534 e. The van der Waals surface area contributed by atoms with E-state index in [1.54, 1.807) is 37.5 Å². The number of fused-ring (bicyclic) bond motifs is 1. The molecule has 0 bridgehead atoms. The monoisotopic (exact) mass is 595 g/mol. The van der Waals surface area contributed by atoms with Crippen LogP contribution in [0.4, 0.5) is 23.8 Å². The number of nitriles is 1. The molecule has 10 nitrogen and oxygen atoms in total. The number of amides is 1. The number of piperazine rings is 1. The zero-order valence-corrected chi connectivity index (χ0v) is 24.0. The standard InChI is InChI=1S/C27H32F3N5O5S/c1-18-15-34(12-13-35(18)25(36)39-26(2,3)4)23-20-10-11-33(16-19-8-6-5-7-9-19)17-22(20)21(14-31)24(32-23)40-41(37,38)27(28,29)30/h5-9,18H,10-13,15-17H2,1-4H3. The Kier molecular flexibility index (Phi) is 8.42. The Morgan fingerprint density at radius 3 is 2.39 bits per heavy atom. The van der Waals surface area contributed by atoms with Crippen LogP contribution in [0.5, 0.6) is 5.88 Å². The summed E-state index contributed by atoms with van der Waals surface area (Å²) in [4.78, 5) is 22.3. The molecule has 1 aromatic heterocycles. The average molecular weight is 596 g/mol.